The molecule has 0 radical (unpaired) electrons. The monoisotopic (exact) mass is 398 g/mol. The van der Waals surface area contributed by atoms with Crippen molar-refractivity contribution in [2.45, 2.75) is 25.4 Å². The van der Waals surface area contributed by atoms with Crippen LogP contribution in [-0.2, 0) is 6.54 Å². The molecule has 0 atom stereocenters. The molecule has 1 amide bonds. The van der Waals surface area contributed by atoms with Gasteiger partial charge < -0.3 is 14.8 Å². The number of halogens is 2. The summed E-state index contributed by atoms with van der Waals surface area (Å²) in [5, 5.41) is 0.302. The molecule has 28 heavy (non-hydrogen) atoms. The fourth-order valence-corrected chi connectivity index (χ4v) is 4.54. The minimum absolute atomic E-state index is 0.0694. The molecular formula is C21H20ClFN4O. The first-order valence-electron chi connectivity index (χ1n) is 9.48. The molecule has 5 rings (SSSR count). The van der Waals surface area contributed by atoms with E-state index in [1.54, 1.807) is 12.1 Å². The number of H-pyrrole nitrogens is 1. The number of likely N-dealkylation sites (tertiary alicyclic amines) is 1. The molecule has 3 heterocycles. The maximum absolute atomic E-state index is 14.2. The summed E-state index contributed by atoms with van der Waals surface area (Å²) >= 11 is 6.17. The van der Waals surface area contributed by atoms with E-state index in [0.717, 1.165) is 37.0 Å². The van der Waals surface area contributed by atoms with Crippen LogP contribution in [0.1, 0.15) is 28.8 Å². The molecule has 0 aliphatic carbocycles. The fourth-order valence-electron chi connectivity index (χ4n) is 4.29. The molecule has 2 aromatic carbocycles. The normalized spacial score (nSPS) is 18.2. The SMILES string of the molecule is CN1CCC(N2Cc3cc4[nH]c(-c5c(F)cccc5Cl)nc4cc3C2=O)CC1. The van der Waals surface area contributed by atoms with E-state index in [2.05, 4.69) is 21.9 Å². The van der Waals surface area contributed by atoms with Gasteiger partial charge in [-0.2, -0.15) is 0 Å². The molecule has 2 aliphatic rings. The molecule has 0 unspecified atom stereocenters. The van der Waals surface area contributed by atoms with E-state index in [1.165, 1.54) is 6.07 Å². The number of nitrogens with one attached hydrogen (secondary N) is 1. The van der Waals surface area contributed by atoms with Gasteiger partial charge in [-0.05, 0) is 62.8 Å². The van der Waals surface area contributed by atoms with Crippen molar-refractivity contribution in [3.63, 3.8) is 0 Å². The maximum atomic E-state index is 14.2. The van der Waals surface area contributed by atoms with E-state index in [9.17, 15) is 9.18 Å². The van der Waals surface area contributed by atoms with Crippen LogP contribution in [0.5, 0.6) is 0 Å². The Kier molecular flexibility index (Phi) is 4.14. The highest BCUT2D eigenvalue weighted by atomic mass is 35.5. The van der Waals surface area contributed by atoms with Crippen LogP contribution in [-0.4, -0.2) is 51.9 Å². The van der Waals surface area contributed by atoms with Crippen molar-refractivity contribution in [3.05, 3.63) is 52.3 Å². The molecule has 0 saturated carbocycles. The summed E-state index contributed by atoms with van der Waals surface area (Å²) in [4.78, 5) is 25.0. The lowest BCUT2D eigenvalue weighted by Gasteiger charge is -2.34. The highest BCUT2D eigenvalue weighted by Crippen LogP contribution is 2.34. The van der Waals surface area contributed by atoms with Gasteiger partial charge in [-0.1, -0.05) is 17.7 Å². The second-order valence-electron chi connectivity index (χ2n) is 7.68. The molecular weight excluding hydrogens is 379 g/mol. The zero-order valence-electron chi connectivity index (χ0n) is 15.5. The highest BCUT2D eigenvalue weighted by Gasteiger charge is 2.34. The standard InChI is InChI=1S/C21H20ClFN4O/c1-26-7-5-13(6-8-26)27-11-12-9-17-18(10-14(12)21(27)28)25-20(24-17)19-15(22)3-2-4-16(19)23/h2-4,9-10,13H,5-8,11H2,1H3,(H,24,25). The Morgan fingerprint density at radius 3 is 2.79 bits per heavy atom. The predicted octanol–water partition coefficient (Wildman–Crippen LogP) is 4.07. The highest BCUT2D eigenvalue weighted by molar-refractivity contribution is 6.33. The molecule has 0 spiro atoms. The van der Waals surface area contributed by atoms with Crippen molar-refractivity contribution < 1.29 is 9.18 Å². The second-order valence-corrected chi connectivity index (χ2v) is 8.08. The van der Waals surface area contributed by atoms with Crippen molar-refractivity contribution >= 4 is 28.5 Å². The lowest BCUT2D eigenvalue weighted by Crippen LogP contribution is -2.43. The molecule has 144 valence electrons. The zero-order valence-corrected chi connectivity index (χ0v) is 16.3. The van der Waals surface area contributed by atoms with Crippen molar-refractivity contribution in [1.29, 1.82) is 0 Å². The Bertz CT molecular complexity index is 1070. The van der Waals surface area contributed by atoms with E-state index >= 15 is 0 Å². The molecule has 1 N–H and O–H groups in total. The van der Waals surface area contributed by atoms with Gasteiger partial charge in [0.15, 0.2) is 0 Å². The molecule has 1 aromatic heterocycles. The average Bonchev–Trinajstić information content (AvgIpc) is 3.21. The smallest absolute Gasteiger partial charge is 0.254 e. The number of nitrogens with zero attached hydrogens (tertiary/aromatic N) is 3. The number of fused-ring (bicyclic) bond motifs is 2. The van der Waals surface area contributed by atoms with Crippen LogP contribution < -0.4 is 0 Å². The van der Waals surface area contributed by atoms with Crippen molar-refractivity contribution in [2.24, 2.45) is 0 Å². The number of carbonyl (C=O) groups excluding carboxylic acids is 1. The van der Waals surface area contributed by atoms with Crippen molar-refractivity contribution in [2.75, 3.05) is 20.1 Å². The number of rotatable bonds is 2. The lowest BCUT2D eigenvalue weighted by molar-refractivity contribution is 0.0617. The van der Waals surface area contributed by atoms with Crippen LogP contribution in [0.4, 0.5) is 4.39 Å². The number of imidazole rings is 1. The summed E-state index contributed by atoms with van der Waals surface area (Å²) in [6.07, 6.45) is 2.00. The fraction of sp³-hybridized carbons (Fsp3) is 0.333. The minimum Gasteiger partial charge on any atom is -0.338 e. The number of hydrogen-bond acceptors (Lipinski definition) is 3. The number of carbonyl (C=O) groups is 1. The van der Waals surface area contributed by atoms with Gasteiger partial charge in [-0.3, -0.25) is 4.79 Å². The number of aromatic amines is 1. The molecule has 7 heteroatoms. The topological polar surface area (TPSA) is 52.2 Å². The Balaban J connectivity index is 1.49. The minimum atomic E-state index is -0.427. The first kappa shape index (κ1) is 17.6. The average molecular weight is 399 g/mol. The Hall–Kier alpha value is -2.44. The van der Waals surface area contributed by atoms with E-state index in [0.29, 0.717) is 28.5 Å². The van der Waals surface area contributed by atoms with Gasteiger partial charge in [0.1, 0.15) is 11.6 Å². The van der Waals surface area contributed by atoms with E-state index in [1.807, 2.05) is 17.0 Å². The summed E-state index contributed by atoms with van der Waals surface area (Å²) in [5.74, 6) is 0.0185. The molecule has 3 aromatic rings. The maximum Gasteiger partial charge on any atom is 0.254 e. The van der Waals surface area contributed by atoms with Crippen LogP contribution >= 0.6 is 11.6 Å². The molecule has 1 saturated heterocycles. The van der Waals surface area contributed by atoms with E-state index in [4.69, 9.17) is 11.6 Å². The second kappa shape index (κ2) is 6.57. The Morgan fingerprint density at radius 2 is 2.04 bits per heavy atom. The number of piperidine rings is 1. The van der Waals surface area contributed by atoms with Crippen LogP contribution in [0.15, 0.2) is 30.3 Å². The quantitative estimate of drug-likeness (QED) is 0.707. The predicted molar refractivity (Wildman–Crippen MR) is 107 cm³/mol. The van der Waals surface area contributed by atoms with Gasteiger partial charge in [-0.25, -0.2) is 9.37 Å². The van der Waals surface area contributed by atoms with Gasteiger partial charge in [0.2, 0.25) is 0 Å². The number of aromatic nitrogens is 2. The van der Waals surface area contributed by atoms with Crippen molar-refractivity contribution in [3.8, 4) is 11.4 Å². The van der Waals surface area contributed by atoms with Gasteiger partial charge in [0.05, 0.1) is 21.6 Å². The number of hydrogen-bond donors (Lipinski definition) is 1. The largest absolute Gasteiger partial charge is 0.338 e. The number of benzene rings is 2. The summed E-state index contributed by atoms with van der Waals surface area (Å²) < 4.78 is 14.2. The summed E-state index contributed by atoms with van der Waals surface area (Å²) in [6, 6.07) is 8.62. The third-order valence-corrected chi connectivity index (χ3v) is 6.18. The summed E-state index contributed by atoms with van der Waals surface area (Å²) in [6.45, 7) is 2.65. The first-order valence-corrected chi connectivity index (χ1v) is 9.85. The first-order chi connectivity index (χ1) is 13.5. The van der Waals surface area contributed by atoms with E-state index in [-0.39, 0.29) is 17.5 Å². The van der Waals surface area contributed by atoms with Gasteiger partial charge in [0.25, 0.3) is 5.91 Å². The summed E-state index contributed by atoms with van der Waals surface area (Å²) in [7, 11) is 2.12. The summed E-state index contributed by atoms with van der Waals surface area (Å²) in [5.41, 5.74) is 3.37. The molecule has 2 aliphatic heterocycles. The van der Waals surface area contributed by atoms with Gasteiger partial charge in [0, 0.05) is 18.2 Å². The van der Waals surface area contributed by atoms with Crippen LogP contribution in [0.25, 0.3) is 22.4 Å². The van der Waals surface area contributed by atoms with E-state index < -0.39 is 5.82 Å². The molecule has 1 fully saturated rings. The van der Waals surface area contributed by atoms with Crippen LogP contribution in [0.3, 0.4) is 0 Å². The zero-order chi connectivity index (χ0) is 19.4. The Labute approximate surface area is 167 Å². The molecule has 5 nitrogen and oxygen atoms in total. The van der Waals surface area contributed by atoms with Gasteiger partial charge in [-0.15, -0.1) is 0 Å². The number of amides is 1. The van der Waals surface area contributed by atoms with Crippen molar-refractivity contribution in [1.82, 2.24) is 19.8 Å². The molecule has 0 bridgehead atoms. The lowest BCUT2D eigenvalue weighted by atomic mass is 10.0. The third-order valence-electron chi connectivity index (χ3n) is 5.87. The Morgan fingerprint density at radius 1 is 1.25 bits per heavy atom. The van der Waals surface area contributed by atoms with Gasteiger partial charge >= 0.3 is 0 Å². The van der Waals surface area contributed by atoms with Crippen LogP contribution in [0, 0.1) is 5.82 Å². The third kappa shape index (κ3) is 2.79. The van der Waals surface area contributed by atoms with Crippen LogP contribution in [0.2, 0.25) is 5.02 Å².